The lowest BCUT2D eigenvalue weighted by Gasteiger charge is -2.10. The van der Waals surface area contributed by atoms with E-state index in [-0.39, 0.29) is 23.0 Å². The van der Waals surface area contributed by atoms with Crippen LogP contribution in [0.4, 0.5) is 11.4 Å². The number of allylic oxidation sites excluding steroid dienone is 1. The maximum atomic E-state index is 12.5. The Morgan fingerprint density at radius 1 is 1.21 bits per heavy atom. The highest BCUT2D eigenvalue weighted by atomic mass is 32.2. The van der Waals surface area contributed by atoms with E-state index in [2.05, 4.69) is 46.5 Å². The molecule has 0 aliphatic carbocycles. The summed E-state index contributed by atoms with van der Waals surface area (Å²) in [5.41, 5.74) is 3.18. The normalized spacial score (nSPS) is 10.7. The fourth-order valence-electron chi connectivity index (χ4n) is 3.53. The minimum Gasteiger partial charge on any atom is -0.320 e. The number of hydrogen-bond acceptors (Lipinski definition) is 7. The molecule has 0 aliphatic heterocycles. The second-order valence-corrected chi connectivity index (χ2v) is 9.29. The Morgan fingerprint density at radius 2 is 1.94 bits per heavy atom. The number of nitro groups is 1. The van der Waals surface area contributed by atoms with E-state index in [9.17, 15) is 14.9 Å². The minimum absolute atomic E-state index is 0.0233. The van der Waals surface area contributed by atoms with Gasteiger partial charge in [0.05, 0.1) is 10.7 Å². The third-order valence-electron chi connectivity index (χ3n) is 5.01. The first-order valence-corrected chi connectivity index (χ1v) is 12.2. The van der Waals surface area contributed by atoms with Crippen molar-refractivity contribution in [2.24, 2.45) is 0 Å². The van der Waals surface area contributed by atoms with Gasteiger partial charge >= 0.3 is 0 Å². The molecule has 0 bridgehead atoms. The first kappa shape index (κ1) is 23.4. The lowest BCUT2D eigenvalue weighted by atomic mass is 10.0. The fraction of sp³-hybridized carbons (Fsp3) is 0.125. The summed E-state index contributed by atoms with van der Waals surface area (Å²) in [4.78, 5) is 24.4. The molecule has 2 heterocycles. The van der Waals surface area contributed by atoms with Gasteiger partial charge in [0.1, 0.15) is 5.69 Å². The molecule has 1 amide bonds. The fourth-order valence-corrected chi connectivity index (χ4v) is 5.14. The van der Waals surface area contributed by atoms with E-state index in [0.717, 1.165) is 16.7 Å². The van der Waals surface area contributed by atoms with E-state index in [0.29, 0.717) is 17.5 Å². The number of nitro benzene ring substituents is 1. The van der Waals surface area contributed by atoms with E-state index in [4.69, 9.17) is 0 Å². The van der Waals surface area contributed by atoms with Crippen molar-refractivity contribution in [3.63, 3.8) is 0 Å². The maximum absolute atomic E-state index is 12.5. The summed E-state index contributed by atoms with van der Waals surface area (Å²) in [5, 5.41) is 25.2. The Labute approximate surface area is 204 Å². The molecule has 2 aromatic carbocycles. The van der Waals surface area contributed by atoms with Crippen LogP contribution in [0.5, 0.6) is 0 Å². The number of anilines is 1. The van der Waals surface area contributed by atoms with Gasteiger partial charge in [-0.2, -0.15) is 0 Å². The van der Waals surface area contributed by atoms with Gasteiger partial charge in [0.25, 0.3) is 5.69 Å². The second-order valence-electron chi connectivity index (χ2n) is 7.26. The second kappa shape index (κ2) is 10.4. The Hall–Kier alpha value is -3.76. The van der Waals surface area contributed by atoms with Crippen LogP contribution in [0.25, 0.3) is 22.5 Å². The lowest BCUT2D eigenvalue weighted by Crippen LogP contribution is -2.15. The number of nitrogens with zero attached hydrogens (tertiary/aromatic N) is 4. The molecule has 0 saturated carbocycles. The van der Waals surface area contributed by atoms with Crippen molar-refractivity contribution >= 4 is 40.4 Å². The van der Waals surface area contributed by atoms with Crippen LogP contribution in [-0.2, 0) is 11.3 Å². The third kappa shape index (κ3) is 4.92. The maximum Gasteiger partial charge on any atom is 0.292 e. The molecule has 0 fully saturated rings. The van der Waals surface area contributed by atoms with Crippen LogP contribution < -0.4 is 5.32 Å². The number of thioether (sulfide) groups is 1. The number of aryl methyl sites for hydroxylation is 1. The molecule has 0 aliphatic rings. The van der Waals surface area contributed by atoms with Crippen LogP contribution in [0, 0.1) is 17.0 Å². The molecular weight excluding hydrogens is 470 g/mol. The Kier molecular flexibility index (Phi) is 7.19. The number of rotatable bonds is 9. The summed E-state index contributed by atoms with van der Waals surface area (Å²) in [6.07, 6.45) is 1.76. The van der Waals surface area contributed by atoms with Crippen molar-refractivity contribution in [2.75, 3.05) is 11.1 Å². The Morgan fingerprint density at radius 3 is 2.68 bits per heavy atom. The number of para-hydroxylation sites is 2. The van der Waals surface area contributed by atoms with Gasteiger partial charge in [-0.3, -0.25) is 19.5 Å². The number of hydrogen-bond donors (Lipinski definition) is 1. The van der Waals surface area contributed by atoms with Crippen LogP contribution in [0.3, 0.4) is 0 Å². The molecule has 172 valence electrons. The van der Waals surface area contributed by atoms with E-state index in [1.807, 2.05) is 22.8 Å². The quantitative estimate of drug-likeness (QED) is 0.137. The van der Waals surface area contributed by atoms with Crippen LogP contribution >= 0.6 is 23.1 Å². The van der Waals surface area contributed by atoms with Gasteiger partial charge in [0.2, 0.25) is 5.91 Å². The van der Waals surface area contributed by atoms with E-state index in [1.165, 1.54) is 28.8 Å². The van der Waals surface area contributed by atoms with Gasteiger partial charge in [0.15, 0.2) is 11.0 Å². The molecule has 8 nitrogen and oxygen atoms in total. The SMILES string of the molecule is C=CCn1c(SCC(=O)Nc2ccccc2[N+](=O)[O-])nnc1-c1csc(C)c1-c1ccccc1. The predicted octanol–water partition coefficient (Wildman–Crippen LogP) is 5.81. The molecule has 1 N–H and O–H groups in total. The molecule has 0 saturated heterocycles. The molecule has 0 atom stereocenters. The Bertz CT molecular complexity index is 1350. The number of benzene rings is 2. The number of carbonyl (C=O) groups is 1. The molecule has 0 unspecified atom stereocenters. The molecule has 4 rings (SSSR count). The molecule has 0 radical (unpaired) electrons. The van der Waals surface area contributed by atoms with E-state index >= 15 is 0 Å². The summed E-state index contributed by atoms with van der Waals surface area (Å²) >= 11 is 2.86. The number of amides is 1. The summed E-state index contributed by atoms with van der Waals surface area (Å²) in [7, 11) is 0. The van der Waals surface area contributed by atoms with Crippen molar-refractivity contribution in [1.82, 2.24) is 14.8 Å². The predicted molar refractivity (Wildman–Crippen MR) is 136 cm³/mol. The summed E-state index contributed by atoms with van der Waals surface area (Å²) < 4.78 is 1.92. The molecular formula is C24H21N5O3S2. The van der Waals surface area contributed by atoms with Gasteiger partial charge < -0.3 is 5.32 Å². The minimum atomic E-state index is -0.525. The molecule has 34 heavy (non-hydrogen) atoms. The topological polar surface area (TPSA) is 103 Å². The average Bonchev–Trinajstić information content (AvgIpc) is 3.41. The van der Waals surface area contributed by atoms with Gasteiger partial charge in [-0.1, -0.05) is 60.3 Å². The molecule has 0 spiro atoms. The highest BCUT2D eigenvalue weighted by Gasteiger charge is 2.21. The monoisotopic (exact) mass is 491 g/mol. The number of nitrogens with one attached hydrogen (secondary N) is 1. The number of thiophene rings is 1. The summed E-state index contributed by atoms with van der Waals surface area (Å²) in [6.45, 7) is 6.40. The van der Waals surface area contributed by atoms with Crippen molar-refractivity contribution in [2.45, 2.75) is 18.6 Å². The first-order valence-electron chi connectivity index (χ1n) is 10.3. The average molecular weight is 492 g/mol. The largest absolute Gasteiger partial charge is 0.320 e. The third-order valence-corrected chi connectivity index (χ3v) is 6.89. The van der Waals surface area contributed by atoms with Gasteiger partial charge in [-0.25, -0.2) is 0 Å². The Balaban J connectivity index is 1.57. The summed E-state index contributed by atoms with van der Waals surface area (Å²) in [6, 6.07) is 16.2. The van der Waals surface area contributed by atoms with Crippen LogP contribution in [0.15, 0.2) is 77.8 Å². The van der Waals surface area contributed by atoms with Gasteiger partial charge in [0, 0.05) is 34.0 Å². The van der Waals surface area contributed by atoms with E-state index < -0.39 is 4.92 Å². The lowest BCUT2D eigenvalue weighted by molar-refractivity contribution is -0.383. The zero-order chi connectivity index (χ0) is 24.1. The van der Waals surface area contributed by atoms with E-state index in [1.54, 1.807) is 29.5 Å². The van der Waals surface area contributed by atoms with Crippen LogP contribution in [0.1, 0.15) is 4.88 Å². The zero-order valence-electron chi connectivity index (χ0n) is 18.3. The molecule has 4 aromatic rings. The van der Waals surface area contributed by atoms with Crippen LogP contribution in [0.2, 0.25) is 0 Å². The number of aromatic nitrogens is 3. The highest BCUT2D eigenvalue weighted by Crippen LogP contribution is 2.39. The standard InChI is InChI=1S/C24H21N5O3S2/c1-3-13-28-23(18-14-33-16(2)22(18)17-9-5-4-6-10-17)26-27-24(28)34-15-21(30)25-19-11-7-8-12-20(19)29(31)32/h3-12,14H,1,13,15H2,2H3,(H,25,30). The molecule has 10 heteroatoms. The van der Waals surface area contributed by atoms with Gasteiger partial charge in [-0.05, 0) is 18.6 Å². The smallest absolute Gasteiger partial charge is 0.292 e. The highest BCUT2D eigenvalue weighted by molar-refractivity contribution is 7.99. The summed E-state index contributed by atoms with van der Waals surface area (Å²) in [5.74, 6) is 0.352. The molecule has 2 aromatic heterocycles. The first-order chi connectivity index (χ1) is 16.5. The van der Waals surface area contributed by atoms with Crippen LogP contribution in [-0.4, -0.2) is 31.3 Å². The van der Waals surface area contributed by atoms with Crippen molar-refractivity contribution < 1.29 is 9.72 Å². The number of carbonyl (C=O) groups excluding carboxylic acids is 1. The zero-order valence-corrected chi connectivity index (χ0v) is 19.9. The van der Waals surface area contributed by atoms with Crippen molar-refractivity contribution in [1.29, 1.82) is 0 Å². The van der Waals surface area contributed by atoms with Crippen molar-refractivity contribution in [3.05, 3.63) is 87.6 Å². The van der Waals surface area contributed by atoms with Gasteiger partial charge in [-0.15, -0.1) is 28.1 Å². The van der Waals surface area contributed by atoms with Crippen molar-refractivity contribution in [3.8, 4) is 22.5 Å².